The summed E-state index contributed by atoms with van der Waals surface area (Å²) in [5, 5.41) is 0. The summed E-state index contributed by atoms with van der Waals surface area (Å²) in [7, 11) is -3.31. The van der Waals surface area contributed by atoms with E-state index in [0.717, 1.165) is 11.8 Å². The minimum Gasteiger partial charge on any atom is -0.308 e. The Kier molecular flexibility index (Phi) is 7.15. The van der Waals surface area contributed by atoms with E-state index in [4.69, 9.17) is 0 Å². The van der Waals surface area contributed by atoms with Crippen molar-refractivity contribution in [3.05, 3.63) is 29.8 Å². The van der Waals surface area contributed by atoms with Crippen LogP contribution in [-0.4, -0.2) is 72.6 Å². The summed E-state index contributed by atoms with van der Waals surface area (Å²) < 4.78 is 51.5. The number of hydrogen-bond acceptors (Lipinski definition) is 5. The van der Waals surface area contributed by atoms with Crippen molar-refractivity contribution in [3.63, 3.8) is 0 Å². The van der Waals surface area contributed by atoms with Crippen molar-refractivity contribution in [2.45, 2.75) is 11.8 Å². The maximum Gasteiger partial charge on any atom is 0.240 e. The van der Waals surface area contributed by atoms with Gasteiger partial charge in [-0.05, 0) is 33.2 Å². The Balaban J connectivity index is 2.66. The predicted molar refractivity (Wildman–Crippen MR) is 91.3 cm³/mol. The number of hydrogen-bond donors (Lipinski definition) is 1. The van der Waals surface area contributed by atoms with Crippen LogP contribution in [0.4, 0.5) is 0 Å². The minimum atomic E-state index is -3.63. The lowest BCUT2D eigenvalue weighted by Gasteiger charge is -2.22. The molecule has 7 nitrogen and oxygen atoms in total. The van der Waals surface area contributed by atoms with E-state index in [1.54, 1.807) is 12.1 Å². The highest BCUT2D eigenvalue weighted by molar-refractivity contribution is 7.89. The molecule has 1 N–H and O–H groups in total. The topological polar surface area (TPSA) is 86.8 Å². The van der Waals surface area contributed by atoms with Crippen LogP contribution in [0.15, 0.2) is 29.2 Å². The predicted octanol–water partition coefficient (Wildman–Crippen LogP) is 0.0965. The molecule has 0 fully saturated rings. The molecule has 23 heavy (non-hydrogen) atoms. The van der Waals surface area contributed by atoms with Crippen molar-refractivity contribution < 1.29 is 16.8 Å². The highest BCUT2D eigenvalue weighted by atomic mass is 32.2. The number of sulfonamides is 2. The second kappa shape index (κ2) is 8.20. The highest BCUT2D eigenvalue weighted by Crippen LogP contribution is 2.09. The van der Waals surface area contributed by atoms with Crippen LogP contribution >= 0.6 is 0 Å². The Morgan fingerprint density at radius 3 is 2.00 bits per heavy atom. The zero-order valence-electron chi connectivity index (χ0n) is 14.0. The second-order valence-electron chi connectivity index (χ2n) is 5.68. The standard InChI is InChI=1S/C14H25N3O4S2/c1-13-5-7-14(8-6-13)23(20,21)15-9-10-17(22(4,18)19)12-11-16(2)3/h5-8,15H,9-12H2,1-4H3. The minimum absolute atomic E-state index is 0.0245. The molecule has 0 aliphatic carbocycles. The Hall–Kier alpha value is -1.00. The average molecular weight is 364 g/mol. The number of nitrogens with one attached hydrogen (secondary N) is 1. The number of benzene rings is 1. The van der Waals surface area contributed by atoms with Gasteiger partial charge in [0.1, 0.15) is 0 Å². The molecule has 1 rings (SSSR count). The Bertz CT molecular complexity index is 698. The van der Waals surface area contributed by atoms with Gasteiger partial charge in [0.25, 0.3) is 0 Å². The SMILES string of the molecule is Cc1ccc(S(=O)(=O)NCCN(CCN(C)C)S(C)(=O)=O)cc1. The summed E-state index contributed by atoms with van der Waals surface area (Å²) in [4.78, 5) is 2.04. The maximum absolute atomic E-state index is 12.2. The van der Waals surface area contributed by atoms with Gasteiger partial charge in [-0.3, -0.25) is 0 Å². The van der Waals surface area contributed by atoms with Crippen LogP contribution in [0, 0.1) is 6.92 Å². The Morgan fingerprint density at radius 1 is 0.957 bits per heavy atom. The first-order valence-electron chi connectivity index (χ1n) is 7.18. The summed E-state index contributed by atoms with van der Waals surface area (Å²) in [6, 6.07) is 6.49. The molecule has 0 unspecified atom stereocenters. The van der Waals surface area contributed by atoms with Gasteiger partial charge in [0.05, 0.1) is 11.2 Å². The molecule has 0 aromatic heterocycles. The Labute approximate surface area is 139 Å². The van der Waals surface area contributed by atoms with Gasteiger partial charge >= 0.3 is 0 Å². The molecule has 9 heteroatoms. The summed E-state index contributed by atoms with van der Waals surface area (Å²) in [5.41, 5.74) is 0.968. The van der Waals surface area contributed by atoms with Crippen LogP contribution in [0.3, 0.4) is 0 Å². The smallest absolute Gasteiger partial charge is 0.240 e. The van der Waals surface area contributed by atoms with Gasteiger partial charge in [-0.25, -0.2) is 21.6 Å². The molecule has 0 aliphatic rings. The van der Waals surface area contributed by atoms with Crippen molar-refractivity contribution in [1.29, 1.82) is 0 Å². The van der Waals surface area contributed by atoms with E-state index in [1.165, 1.54) is 16.4 Å². The lowest BCUT2D eigenvalue weighted by Crippen LogP contribution is -2.41. The fourth-order valence-electron chi connectivity index (χ4n) is 1.86. The van der Waals surface area contributed by atoms with Crippen molar-refractivity contribution in [2.24, 2.45) is 0 Å². The zero-order valence-corrected chi connectivity index (χ0v) is 15.6. The normalized spacial score (nSPS) is 13.0. The van der Waals surface area contributed by atoms with E-state index in [-0.39, 0.29) is 18.0 Å². The average Bonchev–Trinajstić information content (AvgIpc) is 2.41. The molecule has 0 spiro atoms. The van der Waals surface area contributed by atoms with Crippen molar-refractivity contribution >= 4 is 20.0 Å². The summed E-state index contributed by atoms with van der Waals surface area (Å²) in [6.45, 7) is 2.88. The third-order valence-electron chi connectivity index (χ3n) is 3.25. The van der Waals surface area contributed by atoms with Crippen LogP contribution in [0.25, 0.3) is 0 Å². The molecule has 132 valence electrons. The van der Waals surface area contributed by atoms with Crippen molar-refractivity contribution in [3.8, 4) is 0 Å². The van der Waals surface area contributed by atoms with E-state index in [1.807, 2.05) is 25.9 Å². The molecule has 1 aromatic rings. The zero-order chi connectivity index (χ0) is 17.7. The van der Waals surface area contributed by atoms with Gasteiger partial charge < -0.3 is 4.90 Å². The first-order chi connectivity index (χ1) is 10.5. The van der Waals surface area contributed by atoms with E-state index in [2.05, 4.69) is 4.72 Å². The van der Waals surface area contributed by atoms with Gasteiger partial charge in [-0.1, -0.05) is 17.7 Å². The molecule has 0 heterocycles. The first kappa shape index (κ1) is 20.0. The van der Waals surface area contributed by atoms with E-state index in [9.17, 15) is 16.8 Å². The number of likely N-dealkylation sites (N-methyl/N-ethyl adjacent to an activating group) is 1. The largest absolute Gasteiger partial charge is 0.308 e. The molecule has 0 saturated heterocycles. The summed E-state index contributed by atoms with van der Waals surface area (Å²) >= 11 is 0. The van der Waals surface area contributed by atoms with Gasteiger partial charge in [0, 0.05) is 26.2 Å². The summed E-state index contributed by atoms with van der Waals surface area (Å²) in [5.74, 6) is 0. The fourth-order valence-corrected chi connectivity index (χ4v) is 3.72. The first-order valence-corrected chi connectivity index (χ1v) is 10.5. The number of nitrogens with zero attached hydrogens (tertiary/aromatic N) is 2. The van der Waals surface area contributed by atoms with Crippen molar-refractivity contribution in [1.82, 2.24) is 13.9 Å². The van der Waals surface area contributed by atoms with Crippen LogP contribution in [0.2, 0.25) is 0 Å². The third-order valence-corrected chi connectivity index (χ3v) is 6.03. The van der Waals surface area contributed by atoms with E-state index >= 15 is 0 Å². The van der Waals surface area contributed by atoms with Crippen LogP contribution in [0.1, 0.15) is 5.56 Å². The molecular weight excluding hydrogens is 338 g/mol. The molecule has 0 aliphatic heterocycles. The van der Waals surface area contributed by atoms with E-state index < -0.39 is 20.0 Å². The maximum atomic E-state index is 12.2. The molecule has 0 amide bonds. The highest BCUT2D eigenvalue weighted by Gasteiger charge is 2.18. The van der Waals surface area contributed by atoms with Crippen molar-refractivity contribution in [2.75, 3.05) is 46.5 Å². The molecule has 1 aromatic carbocycles. The second-order valence-corrected chi connectivity index (χ2v) is 9.43. The van der Waals surface area contributed by atoms with Gasteiger partial charge in [-0.15, -0.1) is 0 Å². The van der Waals surface area contributed by atoms with Crippen LogP contribution < -0.4 is 4.72 Å². The van der Waals surface area contributed by atoms with Gasteiger partial charge in [-0.2, -0.15) is 4.31 Å². The molecule has 0 saturated carbocycles. The quantitative estimate of drug-likeness (QED) is 0.672. The number of aryl methyl sites for hydroxylation is 1. The molecular formula is C14H25N3O4S2. The van der Waals surface area contributed by atoms with E-state index in [0.29, 0.717) is 13.1 Å². The number of rotatable bonds is 9. The lowest BCUT2D eigenvalue weighted by molar-refractivity contribution is 0.336. The lowest BCUT2D eigenvalue weighted by atomic mass is 10.2. The van der Waals surface area contributed by atoms with Crippen LogP contribution in [0.5, 0.6) is 0 Å². The molecule has 0 bridgehead atoms. The molecule has 0 radical (unpaired) electrons. The Morgan fingerprint density at radius 2 is 1.52 bits per heavy atom. The van der Waals surface area contributed by atoms with Gasteiger partial charge in [0.2, 0.25) is 20.0 Å². The fraction of sp³-hybridized carbons (Fsp3) is 0.571. The van der Waals surface area contributed by atoms with Gasteiger partial charge in [0.15, 0.2) is 0 Å². The van der Waals surface area contributed by atoms with Crippen LogP contribution in [-0.2, 0) is 20.0 Å². The third kappa shape index (κ3) is 6.96. The monoisotopic (exact) mass is 363 g/mol. The molecule has 0 atom stereocenters. The summed E-state index contributed by atoms with van der Waals surface area (Å²) in [6.07, 6.45) is 1.12.